The molecule has 1 aromatic carbocycles. The predicted octanol–water partition coefficient (Wildman–Crippen LogP) is 1.74. The lowest BCUT2D eigenvalue weighted by molar-refractivity contribution is -0.129. The van der Waals surface area contributed by atoms with Gasteiger partial charge in [-0.05, 0) is 31.2 Å². The zero-order valence-corrected chi connectivity index (χ0v) is 13.4. The first-order valence-corrected chi connectivity index (χ1v) is 7.33. The number of carbonyl (C=O) groups excluding carboxylic acids is 3. The number of hydrazine groups is 1. The largest absolute Gasteiger partial charge is 0.449 e. The van der Waals surface area contributed by atoms with E-state index in [1.807, 2.05) is 0 Å². The fourth-order valence-corrected chi connectivity index (χ4v) is 1.77. The van der Waals surface area contributed by atoms with Gasteiger partial charge in [-0.1, -0.05) is 29.8 Å². The SMILES string of the molecule is C[C@H](OC(=O)c1ccc(Cl)nc1)C(=O)NNC(=O)c1ccccc1. The van der Waals surface area contributed by atoms with Crippen molar-refractivity contribution in [2.75, 3.05) is 0 Å². The molecule has 1 atom stereocenters. The van der Waals surface area contributed by atoms with Crippen LogP contribution in [0.25, 0.3) is 0 Å². The van der Waals surface area contributed by atoms with E-state index in [1.54, 1.807) is 30.3 Å². The molecule has 0 bridgehead atoms. The molecule has 2 aromatic rings. The van der Waals surface area contributed by atoms with Gasteiger partial charge in [0.25, 0.3) is 11.8 Å². The summed E-state index contributed by atoms with van der Waals surface area (Å²) < 4.78 is 4.99. The van der Waals surface area contributed by atoms with Crippen LogP contribution in [-0.4, -0.2) is 28.9 Å². The van der Waals surface area contributed by atoms with Gasteiger partial charge in [0.15, 0.2) is 6.10 Å². The number of pyridine rings is 1. The number of aromatic nitrogens is 1. The molecule has 0 saturated heterocycles. The maximum Gasteiger partial charge on any atom is 0.340 e. The Morgan fingerprint density at radius 2 is 1.75 bits per heavy atom. The Hall–Kier alpha value is -2.93. The number of esters is 1. The molecule has 24 heavy (non-hydrogen) atoms. The van der Waals surface area contributed by atoms with E-state index >= 15 is 0 Å². The molecule has 2 rings (SSSR count). The summed E-state index contributed by atoms with van der Waals surface area (Å²) in [4.78, 5) is 39.3. The van der Waals surface area contributed by atoms with Gasteiger partial charge in [-0.15, -0.1) is 0 Å². The van der Waals surface area contributed by atoms with Crippen LogP contribution in [0.4, 0.5) is 0 Å². The molecule has 7 nitrogen and oxygen atoms in total. The maximum atomic E-state index is 11.9. The predicted molar refractivity (Wildman–Crippen MR) is 86.2 cm³/mol. The summed E-state index contributed by atoms with van der Waals surface area (Å²) in [5.74, 6) is -1.88. The van der Waals surface area contributed by atoms with E-state index in [0.717, 1.165) is 0 Å². The van der Waals surface area contributed by atoms with Gasteiger partial charge >= 0.3 is 5.97 Å². The number of hydrogen-bond acceptors (Lipinski definition) is 5. The molecule has 0 radical (unpaired) electrons. The van der Waals surface area contributed by atoms with Crippen LogP contribution in [0.3, 0.4) is 0 Å². The molecule has 0 aliphatic rings. The van der Waals surface area contributed by atoms with Crippen molar-refractivity contribution in [2.24, 2.45) is 0 Å². The van der Waals surface area contributed by atoms with Crippen LogP contribution in [-0.2, 0) is 9.53 Å². The summed E-state index contributed by atoms with van der Waals surface area (Å²) in [5, 5.41) is 0.237. The van der Waals surface area contributed by atoms with Crippen LogP contribution >= 0.6 is 11.6 Å². The summed E-state index contributed by atoms with van der Waals surface area (Å²) >= 11 is 5.63. The molecule has 1 heterocycles. The van der Waals surface area contributed by atoms with Gasteiger partial charge in [0.1, 0.15) is 5.15 Å². The van der Waals surface area contributed by atoms with Crippen molar-refractivity contribution in [2.45, 2.75) is 13.0 Å². The zero-order chi connectivity index (χ0) is 17.5. The van der Waals surface area contributed by atoms with Gasteiger partial charge in [0, 0.05) is 11.8 Å². The molecule has 124 valence electrons. The standard InChI is InChI=1S/C16H14ClN3O4/c1-10(24-16(23)12-7-8-13(17)18-9-12)14(21)19-20-15(22)11-5-3-2-4-6-11/h2-10H,1H3,(H,19,21)(H,20,22)/t10-/m0/s1. The van der Waals surface area contributed by atoms with E-state index in [-0.39, 0.29) is 10.7 Å². The summed E-state index contributed by atoms with van der Waals surface area (Å²) in [5.41, 5.74) is 4.98. The molecule has 8 heteroatoms. The van der Waals surface area contributed by atoms with E-state index in [1.165, 1.54) is 25.3 Å². The van der Waals surface area contributed by atoms with Gasteiger partial charge < -0.3 is 4.74 Å². The molecule has 2 N–H and O–H groups in total. The number of hydrogen-bond donors (Lipinski definition) is 2. The second-order valence-electron chi connectivity index (χ2n) is 4.73. The first-order valence-electron chi connectivity index (χ1n) is 6.95. The van der Waals surface area contributed by atoms with E-state index < -0.39 is 23.9 Å². The minimum Gasteiger partial charge on any atom is -0.449 e. The number of rotatable bonds is 4. The summed E-state index contributed by atoms with van der Waals surface area (Å²) in [6.07, 6.45) is 0.135. The molecule has 0 unspecified atom stereocenters. The highest BCUT2D eigenvalue weighted by Crippen LogP contribution is 2.07. The highest BCUT2D eigenvalue weighted by molar-refractivity contribution is 6.29. The average Bonchev–Trinajstić information content (AvgIpc) is 2.60. The Morgan fingerprint density at radius 3 is 2.38 bits per heavy atom. The van der Waals surface area contributed by atoms with Crippen molar-refractivity contribution >= 4 is 29.4 Å². The fraction of sp³-hybridized carbons (Fsp3) is 0.125. The van der Waals surface area contributed by atoms with E-state index in [2.05, 4.69) is 15.8 Å². The quantitative estimate of drug-likeness (QED) is 0.499. The van der Waals surface area contributed by atoms with Gasteiger partial charge in [-0.3, -0.25) is 20.4 Å². The molecule has 0 saturated carbocycles. The number of amides is 2. The molecule has 0 spiro atoms. The maximum absolute atomic E-state index is 11.9. The lowest BCUT2D eigenvalue weighted by Crippen LogP contribution is -2.46. The Kier molecular flexibility index (Phi) is 5.86. The van der Waals surface area contributed by atoms with Crippen molar-refractivity contribution in [1.82, 2.24) is 15.8 Å². The number of carbonyl (C=O) groups is 3. The van der Waals surface area contributed by atoms with Crippen molar-refractivity contribution in [1.29, 1.82) is 0 Å². The number of benzene rings is 1. The molecular weight excluding hydrogens is 334 g/mol. The normalized spacial score (nSPS) is 11.2. The minimum atomic E-state index is -1.11. The summed E-state index contributed by atoms with van der Waals surface area (Å²) in [7, 11) is 0. The van der Waals surface area contributed by atoms with Crippen LogP contribution in [0.1, 0.15) is 27.6 Å². The molecular formula is C16H14ClN3O4. The van der Waals surface area contributed by atoms with Crippen LogP contribution in [0.5, 0.6) is 0 Å². The molecule has 2 amide bonds. The lowest BCUT2D eigenvalue weighted by Gasteiger charge is -2.14. The van der Waals surface area contributed by atoms with Crippen LogP contribution in [0, 0.1) is 0 Å². The van der Waals surface area contributed by atoms with Gasteiger partial charge in [-0.2, -0.15) is 0 Å². The van der Waals surface area contributed by atoms with Gasteiger partial charge in [0.05, 0.1) is 5.56 Å². The average molecular weight is 348 g/mol. The van der Waals surface area contributed by atoms with Crippen molar-refractivity contribution in [3.8, 4) is 0 Å². The van der Waals surface area contributed by atoms with Crippen molar-refractivity contribution in [3.63, 3.8) is 0 Å². The van der Waals surface area contributed by atoms with Gasteiger partial charge in [-0.25, -0.2) is 9.78 Å². The van der Waals surface area contributed by atoms with Crippen LogP contribution in [0.15, 0.2) is 48.7 Å². The van der Waals surface area contributed by atoms with Crippen LogP contribution in [0.2, 0.25) is 5.15 Å². The van der Waals surface area contributed by atoms with E-state index in [9.17, 15) is 14.4 Å². The van der Waals surface area contributed by atoms with Crippen LogP contribution < -0.4 is 10.9 Å². The number of ether oxygens (including phenoxy) is 1. The Morgan fingerprint density at radius 1 is 1.04 bits per heavy atom. The topological polar surface area (TPSA) is 97.4 Å². The second-order valence-corrected chi connectivity index (χ2v) is 5.11. The third-order valence-corrected chi connectivity index (χ3v) is 3.17. The molecule has 1 aromatic heterocycles. The summed E-state index contributed by atoms with van der Waals surface area (Å²) in [6.45, 7) is 1.38. The smallest absolute Gasteiger partial charge is 0.340 e. The number of halogens is 1. The van der Waals surface area contributed by atoms with Crippen molar-refractivity contribution < 1.29 is 19.1 Å². The molecule has 0 aliphatic carbocycles. The lowest BCUT2D eigenvalue weighted by atomic mass is 10.2. The fourth-order valence-electron chi connectivity index (χ4n) is 1.66. The third kappa shape index (κ3) is 4.79. The monoisotopic (exact) mass is 347 g/mol. The minimum absolute atomic E-state index is 0.160. The second kappa shape index (κ2) is 8.07. The first kappa shape index (κ1) is 17.4. The number of nitrogens with one attached hydrogen (secondary N) is 2. The molecule has 0 fully saturated rings. The first-order chi connectivity index (χ1) is 11.5. The van der Waals surface area contributed by atoms with E-state index in [4.69, 9.17) is 16.3 Å². The van der Waals surface area contributed by atoms with Crippen molar-refractivity contribution in [3.05, 3.63) is 64.9 Å². The van der Waals surface area contributed by atoms with E-state index in [0.29, 0.717) is 5.56 Å². The highest BCUT2D eigenvalue weighted by atomic mass is 35.5. The summed E-state index contributed by atoms with van der Waals surface area (Å²) in [6, 6.07) is 11.2. The Balaban J connectivity index is 1.84. The Labute approximate surface area is 143 Å². The third-order valence-electron chi connectivity index (χ3n) is 2.95. The molecule has 0 aliphatic heterocycles. The zero-order valence-electron chi connectivity index (χ0n) is 12.7. The Bertz CT molecular complexity index is 735. The highest BCUT2D eigenvalue weighted by Gasteiger charge is 2.19. The van der Waals surface area contributed by atoms with Gasteiger partial charge in [0.2, 0.25) is 0 Å². The number of nitrogens with zero attached hydrogens (tertiary/aromatic N) is 1.